The number of furan rings is 1. The Hall–Kier alpha value is -4.05. The number of rotatable bonds is 4. The topological polar surface area (TPSA) is 108 Å². The van der Waals surface area contributed by atoms with Gasteiger partial charge < -0.3 is 14.7 Å². The van der Waals surface area contributed by atoms with E-state index >= 15 is 0 Å². The third-order valence-corrected chi connectivity index (χ3v) is 5.04. The second kappa shape index (κ2) is 7.33. The molecule has 0 atom stereocenters. The van der Waals surface area contributed by atoms with E-state index in [4.69, 9.17) is 4.42 Å². The standard InChI is InChI=1S/C24H22N4O3/c1-14-6-5-7-17-19(13-26-21(14)17)22-18(12-25)20(23(31-22)27-24(2,3)4)15-8-10-16(11-9-15)28(29)30/h5-11,13,26-27H,1-4H3. The lowest BCUT2D eigenvalue weighted by molar-refractivity contribution is -0.384. The van der Waals surface area contributed by atoms with Crippen molar-refractivity contribution in [1.29, 1.82) is 5.26 Å². The third-order valence-electron chi connectivity index (χ3n) is 5.04. The van der Waals surface area contributed by atoms with E-state index in [-0.39, 0.29) is 11.2 Å². The molecular formula is C24H22N4O3. The molecule has 0 unspecified atom stereocenters. The van der Waals surface area contributed by atoms with Crippen molar-refractivity contribution in [2.45, 2.75) is 33.2 Å². The number of nitro groups is 1. The largest absolute Gasteiger partial charge is 0.439 e. The monoisotopic (exact) mass is 414 g/mol. The summed E-state index contributed by atoms with van der Waals surface area (Å²) in [5.74, 6) is 0.911. The first kappa shape index (κ1) is 20.2. The Kier molecular flexibility index (Phi) is 4.78. The fourth-order valence-corrected chi connectivity index (χ4v) is 3.68. The van der Waals surface area contributed by atoms with Crippen LogP contribution in [0.15, 0.2) is 53.1 Å². The number of aromatic nitrogens is 1. The predicted octanol–water partition coefficient (Wildman–Crippen LogP) is 6.39. The number of para-hydroxylation sites is 1. The molecule has 7 nitrogen and oxygen atoms in total. The molecule has 0 aliphatic heterocycles. The van der Waals surface area contributed by atoms with Gasteiger partial charge in [0.05, 0.1) is 10.5 Å². The van der Waals surface area contributed by atoms with Crippen molar-refractivity contribution in [2.24, 2.45) is 0 Å². The highest BCUT2D eigenvalue weighted by molar-refractivity contribution is 5.99. The summed E-state index contributed by atoms with van der Waals surface area (Å²) < 4.78 is 6.25. The number of nitrogens with one attached hydrogen (secondary N) is 2. The van der Waals surface area contributed by atoms with E-state index in [1.165, 1.54) is 12.1 Å². The van der Waals surface area contributed by atoms with Crippen LogP contribution in [-0.4, -0.2) is 15.4 Å². The second-order valence-corrected chi connectivity index (χ2v) is 8.50. The molecule has 0 saturated heterocycles. The normalized spacial score (nSPS) is 11.5. The molecule has 156 valence electrons. The van der Waals surface area contributed by atoms with Gasteiger partial charge in [-0.2, -0.15) is 5.26 Å². The zero-order chi connectivity index (χ0) is 22.3. The summed E-state index contributed by atoms with van der Waals surface area (Å²) in [4.78, 5) is 13.9. The van der Waals surface area contributed by atoms with Crippen molar-refractivity contribution < 1.29 is 9.34 Å². The molecule has 31 heavy (non-hydrogen) atoms. The molecule has 0 bridgehead atoms. The number of nitriles is 1. The van der Waals surface area contributed by atoms with Gasteiger partial charge in [-0.05, 0) is 51.0 Å². The van der Waals surface area contributed by atoms with Gasteiger partial charge in [0.15, 0.2) is 5.76 Å². The van der Waals surface area contributed by atoms with Crippen LogP contribution in [0.5, 0.6) is 0 Å². The molecule has 2 aromatic carbocycles. The van der Waals surface area contributed by atoms with E-state index in [0.29, 0.717) is 28.3 Å². The molecular weight excluding hydrogens is 392 g/mol. The van der Waals surface area contributed by atoms with Crippen LogP contribution in [0.3, 0.4) is 0 Å². The molecule has 4 rings (SSSR count). The number of aromatic amines is 1. The molecule has 4 aromatic rings. The van der Waals surface area contributed by atoms with Crippen molar-refractivity contribution >= 4 is 22.5 Å². The van der Waals surface area contributed by atoms with Crippen molar-refractivity contribution in [3.05, 3.63) is 69.9 Å². The number of hydrogen-bond donors (Lipinski definition) is 2. The fourth-order valence-electron chi connectivity index (χ4n) is 3.68. The quantitative estimate of drug-likeness (QED) is 0.297. The van der Waals surface area contributed by atoms with E-state index in [1.54, 1.807) is 12.1 Å². The number of benzene rings is 2. The van der Waals surface area contributed by atoms with Crippen molar-refractivity contribution in [2.75, 3.05) is 5.32 Å². The highest BCUT2D eigenvalue weighted by Crippen LogP contribution is 2.44. The van der Waals surface area contributed by atoms with Crippen LogP contribution < -0.4 is 5.32 Å². The summed E-state index contributed by atoms with van der Waals surface area (Å²) in [6.07, 6.45) is 1.85. The maximum Gasteiger partial charge on any atom is 0.269 e. The summed E-state index contributed by atoms with van der Waals surface area (Å²) in [6.45, 7) is 8.01. The lowest BCUT2D eigenvalue weighted by Crippen LogP contribution is -2.26. The molecule has 2 aromatic heterocycles. The van der Waals surface area contributed by atoms with Gasteiger partial charge in [-0.3, -0.25) is 10.1 Å². The van der Waals surface area contributed by atoms with Gasteiger partial charge in [-0.1, -0.05) is 18.2 Å². The lowest BCUT2D eigenvalue weighted by Gasteiger charge is -2.21. The zero-order valence-electron chi connectivity index (χ0n) is 17.7. The van der Waals surface area contributed by atoms with Gasteiger partial charge in [-0.25, -0.2) is 0 Å². The molecule has 0 fully saturated rings. The van der Waals surface area contributed by atoms with Crippen LogP contribution >= 0.6 is 0 Å². The van der Waals surface area contributed by atoms with Crippen molar-refractivity contribution in [3.63, 3.8) is 0 Å². The minimum Gasteiger partial charge on any atom is -0.439 e. The number of non-ortho nitro benzene ring substituents is 1. The Bertz CT molecular complexity index is 1330. The molecule has 0 radical (unpaired) electrons. The molecule has 2 N–H and O–H groups in total. The first-order valence-electron chi connectivity index (χ1n) is 9.86. The van der Waals surface area contributed by atoms with Gasteiger partial charge in [0.25, 0.3) is 5.69 Å². The lowest BCUT2D eigenvalue weighted by atomic mass is 9.98. The maximum atomic E-state index is 11.1. The van der Waals surface area contributed by atoms with Gasteiger partial charge in [0.2, 0.25) is 5.88 Å². The fraction of sp³-hybridized carbons (Fsp3) is 0.208. The van der Waals surface area contributed by atoms with Gasteiger partial charge >= 0.3 is 0 Å². The summed E-state index contributed by atoms with van der Waals surface area (Å²) in [5, 5.41) is 25.4. The Labute approximate surface area is 179 Å². The average Bonchev–Trinajstić information content (AvgIpc) is 3.28. The second-order valence-electron chi connectivity index (χ2n) is 8.50. The molecule has 0 aliphatic rings. The minimum absolute atomic E-state index is 0.0107. The van der Waals surface area contributed by atoms with Crippen molar-refractivity contribution in [1.82, 2.24) is 4.98 Å². The number of anilines is 1. The number of nitro benzene ring substituents is 1. The SMILES string of the molecule is Cc1cccc2c(-c3oc(NC(C)(C)C)c(-c4ccc([N+](=O)[O-])cc4)c3C#N)c[nH]c12. The van der Waals surface area contributed by atoms with E-state index in [9.17, 15) is 15.4 Å². The zero-order valence-corrected chi connectivity index (χ0v) is 17.7. The summed E-state index contributed by atoms with van der Waals surface area (Å²) in [6, 6.07) is 14.4. The molecule has 0 amide bonds. The summed E-state index contributed by atoms with van der Waals surface area (Å²) >= 11 is 0. The maximum absolute atomic E-state index is 11.1. The first-order valence-corrected chi connectivity index (χ1v) is 9.86. The smallest absolute Gasteiger partial charge is 0.269 e. The molecule has 7 heteroatoms. The molecule has 0 spiro atoms. The van der Waals surface area contributed by atoms with Crippen LogP contribution in [0.2, 0.25) is 0 Å². The number of H-pyrrole nitrogens is 1. The molecule has 0 aliphatic carbocycles. The predicted molar refractivity (Wildman–Crippen MR) is 121 cm³/mol. The number of aryl methyl sites for hydroxylation is 1. The van der Waals surface area contributed by atoms with Gasteiger partial charge in [0, 0.05) is 40.3 Å². The number of nitrogens with zero attached hydrogens (tertiary/aromatic N) is 2. The van der Waals surface area contributed by atoms with Crippen molar-refractivity contribution in [3.8, 4) is 28.5 Å². The Morgan fingerprint density at radius 3 is 2.48 bits per heavy atom. The van der Waals surface area contributed by atoms with Crippen LogP contribution in [0.1, 0.15) is 31.9 Å². The first-order chi connectivity index (χ1) is 14.7. The van der Waals surface area contributed by atoms with Crippen LogP contribution in [0.4, 0.5) is 11.6 Å². The van der Waals surface area contributed by atoms with E-state index in [1.807, 2.05) is 52.1 Å². The highest BCUT2D eigenvalue weighted by atomic mass is 16.6. The number of hydrogen-bond acceptors (Lipinski definition) is 5. The minimum atomic E-state index is -0.446. The molecule has 2 heterocycles. The highest BCUT2D eigenvalue weighted by Gasteiger charge is 2.27. The number of fused-ring (bicyclic) bond motifs is 1. The van der Waals surface area contributed by atoms with Crippen LogP contribution in [-0.2, 0) is 0 Å². The van der Waals surface area contributed by atoms with Crippen LogP contribution in [0.25, 0.3) is 33.4 Å². The van der Waals surface area contributed by atoms with E-state index in [0.717, 1.165) is 22.0 Å². The molecule has 0 saturated carbocycles. The Morgan fingerprint density at radius 1 is 1.16 bits per heavy atom. The Morgan fingerprint density at radius 2 is 1.87 bits per heavy atom. The van der Waals surface area contributed by atoms with E-state index < -0.39 is 4.92 Å². The van der Waals surface area contributed by atoms with E-state index in [2.05, 4.69) is 16.4 Å². The van der Waals surface area contributed by atoms with Crippen LogP contribution in [0, 0.1) is 28.4 Å². The van der Waals surface area contributed by atoms with Gasteiger partial charge in [-0.15, -0.1) is 0 Å². The average molecular weight is 414 g/mol. The van der Waals surface area contributed by atoms with Gasteiger partial charge in [0.1, 0.15) is 11.6 Å². The Balaban J connectivity index is 1.97. The summed E-state index contributed by atoms with van der Waals surface area (Å²) in [5.41, 5.74) is 4.17. The third kappa shape index (κ3) is 3.64. The summed E-state index contributed by atoms with van der Waals surface area (Å²) in [7, 11) is 0.